The summed E-state index contributed by atoms with van der Waals surface area (Å²) in [5, 5.41) is 17.4. The first-order chi connectivity index (χ1) is 7.45. The minimum absolute atomic E-state index is 0.0984. The predicted molar refractivity (Wildman–Crippen MR) is 64.9 cm³/mol. The molecule has 0 radical (unpaired) electrons. The van der Waals surface area contributed by atoms with E-state index in [0.717, 1.165) is 12.8 Å². The Hall–Kier alpha value is -0.710. The van der Waals surface area contributed by atoms with Crippen LogP contribution in [-0.4, -0.2) is 27.9 Å². The zero-order valence-corrected chi connectivity index (χ0v) is 10.5. The first-order valence-electron chi connectivity index (χ1n) is 5.50. The molecule has 0 rings (SSSR count). The lowest BCUT2D eigenvalue weighted by Crippen LogP contribution is -2.23. The molecule has 0 fully saturated rings. The molecule has 0 amide bonds. The van der Waals surface area contributed by atoms with Crippen molar-refractivity contribution in [3.05, 3.63) is 0 Å². The van der Waals surface area contributed by atoms with Gasteiger partial charge >= 0.3 is 11.9 Å². The molecule has 0 aliphatic rings. The van der Waals surface area contributed by atoms with Crippen LogP contribution in [-0.2, 0) is 9.59 Å². The van der Waals surface area contributed by atoms with E-state index in [1.165, 1.54) is 0 Å². The Morgan fingerprint density at radius 2 is 1.50 bits per heavy atom. The lowest BCUT2D eigenvalue weighted by Gasteiger charge is -2.31. The smallest absolute Gasteiger partial charge is 0.303 e. The molecule has 0 aromatic rings. The van der Waals surface area contributed by atoms with Crippen LogP contribution in [0.25, 0.3) is 0 Å². The Morgan fingerprint density at radius 3 is 1.75 bits per heavy atom. The average molecular weight is 248 g/mol. The molecule has 2 N–H and O–H groups in total. The number of hydrogen-bond acceptors (Lipinski definition) is 3. The van der Waals surface area contributed by atoms with E-state index in [2.05, 4.69) is 12.6 Å². The van der Waals surface area contributed by atoms with Gasteiger partial charge in [0.25, 0.3) is 0 Å². The number of hydrogen-bond donors (Lipinski definition) is 3. The number of carboxylic acids is 2. The van der Waals surface area contributed by atoms with Crippen molar-refractivity contribution < 1.29 is 19.8 Å². The minimum Gasteiger partial charge on any atom is -0.481 e. The SMILES string of the molecule is CCC(CCS)(CCC(=O)O)CCC(=O)O. The third-order valence-electron chi connectivity index (χ3n) is 3.13. The first-order valence-corrected chi connectivity index (χ1v) is 6.13. The van der Waals surface area contributed by atoms with E-state index in [-0.39, 0.29) is 18.3 Å². The Labute approximate surface area is 101 Å². The zero-order chi connectivity index (χ0) is 12.6. The summed E-state index contributed by atoms with van der Waals surface area (Å²) in [4.78, 5) is 21.1. The van der Waals surface area contributed by atoms with Gasteiger partial charge in [-0.25, -0.2) is 0 Å². The van der Waals surface area contributed by atoms with Crippen LogP contribution in [0.1, 0.15) is 45.4 Å². The van der Waals surface area contributed by atoms with Crippen molar-refractivity contribution in [2.45, 2.75) is 45.4 Å². The standard InChI is InChI=1S/C11H20O4S/c1-2-11(7-8-16,5-3-9(12)13)6-4-10(14)15/h16H,2-8H2,1H3,(H,12,13)(H,14,15). The van der Waals surface area contributed by atoms with Crippen LogP contribution in [0, 0.1) is 5.41 Å². The quantitative estimate of drug-likeness (QED) is 0.548. The molecule has 0 saturated carbocycles. The van der Waals surface area contributed by atoms with Gasteiger partial charge in [-0.3, -0.25) is 9.59 Å². The molecular formula is C11H20O4S. The van der Waals surface area contributed by atoms with Gasteiger partial charge in [-0.1, -0.05) is 13.3 Å². The van der Waals surface area contributed by atoms with E-state index in [1.54, 1.807) is 0 Å². The topological polar surface area (TPSA) is 74.6 Å². The summed E-state index contributed by atoms with van der Waals surface area (Å²) in [7, 11) is 0. The highest BCUT2D eigenvalue weighted by molar-refractivity contribution is 7.80. The Bertz CT molecular complexity index is 222. The van der Waals surface area contributed by atoms with Gasteiger partial charge in [0, 0.05) is 12.8 Å². The first kappa shape index (κ1) is 15.3. The summed E-state index contributed by atoms with van der Waals surface area (Å²) in [5.74, 6) is -0.993. The number of aliphatic carboxylic acids is 2. The number of rotatable bonds is 9. The zero-order valence-electron chi connectivity index (χ0n) is 9.61. The molecule has 5 heteroatoms. The Balaban J connectivity index is 4.42. The van der Waals surface area contributed by atoms with Crippen LogP contribution in [0.2, 0.25) is 0 Å². The average Bonchev–Trinajstić information content (AvgIpc) is 2.22. The summed E-state index contributed by atoms with van der Waals surface area (Å²) < 4.78 is 0. The van der Waals surface area contributed by atoms with Crippen molar-refractivity contribution in [1.82, 2.24) is 0 Å². The molecule has 0 aromatic carbocycles. The molecule has 4 nitrogen and oxygen atoms in total. The van der Waals surface area contributed by atoms with Crippen molar-refractivity contribution in [1.29, 1.82) is 0 Å². The maximum atomic E-state index is 10.6. The molecule has 0 bridgehead atoms. The molecule has 0 aliphatic carbocycles. The van der Waals surface area contributed by atoms with E-state index < -0.39 is 11.9 Å². The molecule has 0 aromatic heterocycles. The van der Waals surface area contributed by atoms with Crippen LogP contribution < -0.4 is 0 Å². The highest BCUT2D eigenvalue weighted by Crippen LogP contribution is 2.37. The van der Waals surface area contributed by atoms with E-state index >= 15 is 0 Å². The molecule has 0 heterocycles. The minimum atomic E-state index is -0.827. The van der Waals surface area contributed by atoms with Gasteiger partial charge in [0.15, 0.2) is 0 Å². The van der Waals surface area contributed by atoms with E-state index in [0.29, 0.717) is 18.6 Å². The highest BCUT2D eigenvalue weighted by atomic mass is 32.1. The summed E-state index contributed by atoms with van der Waals surface area (Å²) in [6.07, 6.45) is 2.84. The second-order valence-corrected chi connectivity index (χ2v) is 4.56. The van der Waals surface area contributed by atoms with Gasteiger partial charge in [0.05, 0.1) is 0 Å². The van der Waals surface area contributed by atoms with Crippen LogP contribution in [0.5, 0.6) is 0 Å². The molecular weight excluding hydrogens is 228 g/mol. The van der Waals surface area contributed by atoms with Gasteiger partial charge in [0.2, 0.25) is 0 Å². The largest absolute Gasteiger partial charge is 0.481 e. The van der Waals surface area contributed by atoms with E-state index in [4.69, 9.17) is 10.2 Å². The maximum Gasteiger partial charge on any atom is 0.303 e. The number of thiol groups is 1. The molecule has 0 atom stereocenters. The maximum absolute atomic E-state index is 10.6. The predicted octanol–water partition coefficient (Wildman–Crippen LogP) is 2.43. The van der Waals surface area contributed by atoms with Crippen molar-refractivity contribution >= 4 is 24.6 Å². The van der Waals surface area contributed by atoms with Crippen LogP contribution in [0.3, 0.4) is 0 Å². The lowest BCUT2D eigenvalue weighted by atomic mass is 9.74. The fourth-order valence-electron chi connectivity index (χ4n) is 1.89. The fraction of sp³-hybridized carbons (Fsp3) is 0.818. The van der Waals surface area contributed by atoms with Gasteiger partial charge in [-0.15, -0.1) is 0 Å². The van der Waals surface area contributed by atoms with E-state index in [1.807, 2.05) is 6.92 Å². The van der Waals surface area contributed by atoms with Crippen molar-refractivity contribution in [3.63, 3.8) is 0 Å². The molecule has 16 heavy (non-hydrogen) atoms. The summed E-state index contributed by atoms with van der Waals surface area (Å²) >= 11 is 4.16. The summed E-state index contributed by atoms with van der Waals surface area (Å²) in [6, 6.07) is 0. The Morgan fingerprint density at radius 1 is 1.06 bits per heavy atom. The fourth-order valence-corrected chi connectivity index (χ4v) is 2.36. The third kappa shape index (κ3) is 6.00. The second-order valence-electron chi connectivity index (χ2n) is 4.11. The summed E-state index contributed by atoms with van der Waals surface area (Å²) in [6.45, 7) is 1.98. The molecule has 94 valence electrons. The molecule has 0 aliphatic heterocycles. The Kier molecular flexibility index (Phi) is 7.21. The van der Waals surface area contributed by atoms with Crippen LogP contribution in [0.15, 0.2) is 0 Å². The second kappa shape index (κ2) is 7.54. The summed E-state index contributed by atoms with van der Waals surface area (Å²) in [5.41, 5.74) is -0.182. The lowest BCUT2D eigenvalue weighted by molar-refractivity contribution is -0.138. The van der Waals surface area contributed by atoms with Gasteiger partial charge in [-0.05, 0) is 30.4 Å². The number of carboxylic acid groups (broad SMARTS) is 2. The van der Waals surface area contributed by atoms with Crippen LogP contribution >= 0.6 is 12.6 Å². The number of carbonyl (C=O) groups is 2. The molecule has 0 unspecified atom stereocenters. The van der Waals surface area contributed by atoms with Crippen molar-refractivity contribution in [2.75, 3.05) is 5.75 Å². The molecule has 0 saturated heterocycles. The monoisotopic (exact) mass is 248 g/mol. The normalized spacial score (nSPS) is 11.4. The highest BCUT2D eigenvalue weighted by Gasteiger charge is 2.28. The third-order valence-corrected chi connectivity index (χ3v) is 3.35. The van der Waals surface area contributed by atoms with Gasteiger partial charge in [0.1, 0.15) is 0 Å². The van der Waals surface area contributed by atoms with Crippen LogP contribution in [0.4, 0.5) is 0 Å². The van der Waals surface area contributed by atoms with Crippen molar-refractivity contribution in [2.24, 2.45) is 5.41 Å². The van der Waals surface area contributed by atoms with E-state index in [9.17, 15) is 9.59 Å². The van der Waals surface area contributed by atoms with Gasteiger partial charge < -0.3 is 10.2 Å². The van der Waals surface area contributed by atoms with Gasteiger partial charge in [-0.2, -0.15) is 12.6 Å². The molecule has 0 spiro atoms. The van der Waals surface area contributed by atoms with Crippen molar-refractivity contribution in [3.8, 4) is 0 Å².